The summed E-state index contributed by atoms with van der Waals surface area (Å²) in [5.41, 5.74) is 5.14. The molecule has 1 aromatic heterocycles. The molecule has 0 aliphatic heterocycles. The zero-order valence-electron chi connectivity index (χ0n) is 12.8. The van der Waals surface area contributed by atoms with Crippen LogP contribution in [0.4, 0.5) is 0 Å². The van der Waals surface area contributed by atoms with Crippen molar-refractivity contribution in [1.29, 1.82) is 0 Å². The summed E-state index contributed by atoms with van der Waals surface area (Å²) in [7, 11) is 0. The average Bonchev–Trinajstić information content (AvgIpc) is 2.65. The van der Waals surface area contributed by atoms with Gasteiger partial charge in [-0.2, -0.15) is 0 Å². The van der Waals surface area contributed by atoms with Gasteiger partial charge in [0.15, 0.2) is 0 Å². The number of nitrogens with zero attached hydrogens (tertiary/aromatic N) is 1. The van der Waals surface area contributed by atoms with E-state index in [2.05, 4.69) is 28.9 Å². The van der Waals surface area contributed by atoms with Crippen LogP contribution in [0.2, 0.25) is 0 Å². The summed E-state index contributed by atoms with van der Waals surface area (Å²) in [6.45, 7) is 10.1. The second-order valence-electron chi connectivity index (χ2n) is 5.53. The Hall–Kier alpha value is -2.03. The summed E-state index contributed by atoms with van der Waals surface area (Å²) >= 11 is 0. The molecule has 0 saturated heterocycles. The van der Waals surface area contributed by atoms with E-state index >= 15 is 0 Å². The van der Waals surface area contributed by atoms with Gasteiger partial charge in [-0.25, -0.2) is 0 Å². The van der Waals surface area contributed by atoms with Crippen molar-refractivity contribution < 1.29 is 4.79 Å². The molecule has 1 aromatic carbocycles. The van der Waals surface area contributed by atoms with Crippen LogP contribution in [0.1, 0.15) is 41.2 Å². The van der Waals surface area contributed by atoms with Crippen LogP contribution in [0.15, 0.2) is 30.3 Å². The van der Waals surface area contributed by atoms with Crippen LogP contribution >= 0.6 is 0 Å². The van der Waals surface area contributed by atoms with Gasteiger partial charge in [-0.15, -0.1) is 0 Å². The minimum atomic E-state index is -0.00654. The Labute approximate surface area is 120 Å². The van der Waals surface area contributed by atoms with Crippen molar-refractivity contribution in [2.75, 3.05) is 0 Å². The van der Waals surface area contributed by atoms with Crippen LogP contribution in [0, 0.1) is 20.8 Å². The van der Waals surface area contributed by atoms with Gasteiger partial charge in [0.1, 0.15) is 0 Å². The van der Waals surface area contributed by atoms with Crippen LogP contribution in [0.5, 0.6) is 0 Å². The predicted molar refractivity (Wildman–Crippen MR) is 82.6 cm³/mol. The molecular weight excluding hydrogens is 248 g/mol. The van der Waals surface area contributed by atoms with E-state index in [0.717, 1.165) is 22.6 Å². The lowest BCUT2D eigenvalue weighted by molar-refractivity contribution is 0.0942. The molecule has 0 fully saturated rings. The minimum Gasteiger partial charge on any atom is -0.350 e. The van der Waals surface area contributed by atoms with Crippen LogP contribution in [0.25, 0.3) is 5.69 Å². The van der Waals surface area contributed by atoms with Crippen LogP contribution in [0.3, 0.4) is 0 Å². The monoisotopic (exact) mass is 270 g/mol. The first-order valence-electron chi connectivity index (χ1n) is 6.97. The number of aromatic nitrogens is 1. The summed E-state index contributed by atoms with van der Waals surface area (Å²) in [6, 6.07) is 10.3. The maximum Gasteiger partial charge on any atom is 0.253 e. The van der Waals surface area contributed by atoms with Gasteiger partial charge >= 0.3 is 0 Å². The van der Waals surface area contributed by atoms with Crippen molar-refractivity contribution in [3.63, 3.8) is 0 Å². The molecule has 0 spiro atoms. The highest BCUT2D eigenvalue weighted by Crippen LogP contribution is 2.23. The first kappa shape index (κ1) is 14.4. The van der Waals surface area contributed by atoms with Gasteiger partial charge < -0.3 is 9.88 Å². The zero-order chi connectivity index (χ0) is 14.9. The van der Waals surface area contributed by atoms with Gasteiger partial charge in [0.25, 0.3) is 5.91 Å². The number of amides is 1. The number of aryl methyl sites for hydroxylation is 2. The summed E-state index contributed by atoms with van der Waals surface area (Å²) < 4.78 is 2.14. The van der Waals surface area contributed by atoms with Gasteiger partial charge in [-0.1, -0.05) is 18.2 Å². The van der Waals surface area contributed by atoms with E-state index in [1.54, 1.807) is 0 Å². The molecule has 3 nitrogen and oxygen atoms in total. The molecule has 1 amide bonds. The fourth-order valence-electron chi connectivity index (χ4n) is 2.52. The number of benzene rings is 1. The predicted octanol–water partition coefficient (Wildman–Crippen LogP) is 3.54. The molecule has 0 atom stereocenters. The van der Waals surface area contributed by atoms with Gasteiger partial charge in [0, 0.05) is 23.1 Å². The maximum atomic E-state index is 12.2. The van der Waals surface area contributed by atoms with Crippen molar-refractivity contribution in [2.24, 2.45) is 0 Å². The van der Waals surface area contributed by atoms with Crippen molar-refractivity contribution in [3.05, 3.63) is 52.8 Å². The Morgan fingerprint density at radius 1 is 1.15 bits per heavy atom. The Morgan fingerprint density at radius 3 is 2.40 bits per heavy atom. The molecule has 0 aliphatic carbocycles. The molecule has 1 N–H and O–H groups in total. The fraction of sp³-hybridized carbons (Fsp3) is 0.353. The summed E-state index contributed by atoms with van der Waals surface area (Å²) in [6.07, 6.45) is 0. The van der Waals surface area contributed by atoms with Gasteiger partial charge in [-0.3, -0.25) is 4.79 Å². The standard InChI is InChI=1S/C17H22N2O/c1-11(2)18-17(20)15-10-13(4)19(14(15)5)16-9-7-6-8-12(16)3/h6-11H,1-5H3,(H,18,20). The molecule has 20 heavy (non-hydrogen) atoms. The van der Waals surface area contributed by atoms with E-state index in [-0.39, 0.29) is 11.9 Å². The summed E-state index contributed by atoms with van der Waals surface area (Å²) in [4.78, 5) is 12.2. The molecule has 2 rings (SSSR count). The molecule has 1 heterocycles. The lowest BCUT2D eigenvalue weighted by Gasteiger charge is -2.13. The number of hydrogen-bond acceptors (Lipinski definition) is 1. The van der Waals surface area contributed by atoms with Gasteiger partial charge in [0.05, 0.1) is 5.56 Å². The zero-order valence-corrected chi connectivity index (χ0v) is 12.8. The number of nitrogens with one attached hydrogen (secondary N) is 1. The molecule has 3 heteroatoms. The van der Waals surface area contributed by atoms with E-state index < -0.39 is 0 Å². The third-order valence-corrected chi connectivity index (χ3v) is 3.45. The van der Waals surface area contributed by atoms with Crippen molar-refractivity contribution in [1.82, 2.24) is 9.88 Å². The Bertz CT molecular complexity index is 638. The second kappa shape index (κ2) is 5.53. The smallest absolute Gasteiger partial charge is 0.253 e. The van der Waals surface area contributed by atoms with Crippen molar-refractivity contribution in [2.45, 2.75) is 40.7 Å². The van der Waals surface area contributed by atoms with Gasteiger partial charge in [0.2, 0.25) is 0 Å². The Morgan fingerprint density at radius 2 is 1.80 bits per heavy atom. The van der Waals surface area contributed by atoms with E-state index in [1.807, 2.05) is 45.9 Å². The topological polar surface area (TPSA) is 34.0 Å². The van der Waals surface area contributed by atoms with E-state index in [4.69, 9.17) is 0 Å². The summed E-state index contributed by atoms with van der Waals surface area (Å²) in [5.74, 6) is -0.00654. The van der Waals surface area contributed by atoms with Crippen LogP contribution in [-0.4, -0.2) is 16.5 Å². The number of para-hydroxylation sites is 1. The van der Waals surface area contributed by atoms with Crippen LogP contribution in [-0.2, 0) is 0 Å². The quantitative estimate of drug-likeness (QED) is 0.909. The lowest BCUT2D eigenvalue weighted by atomic mass is 10.2. The lowest BCUT2D eigenvalue weighted by Crippen LogP contribution is -2.30. The normalized spacial score (nSPS) is 10.9. The number of carbonyl (C=O) groups is 1. The number of hydrogen-bond donors (Lipinski definition) is 1. The van der Waals surface area contributed by atoms with Gasteiger partial charge in [-0.05, 0) is 52.3 Å². The highest BCUT2D eigenvalue weighted by molar-refractivity contribution is 5.96. The summed E-state index contributed by atoms with van der Waals surface area (Å²) in [5, 5.41) is 2.95. The molecule has 0 saturated carbocycles. The molecule has 0 radical (unpaired) electrons. The maximum absolute atomic E-state index is 12.2. The largest absolute Gasteiger partial charge is 0.350 e. The number of carbonyl (C=O) groups excluding carboxylic acids is 1. The van der Waals surface area contributed by atoms with Crippen molar-refractivity contribution >= 4 is 5.91 Å². The van der Waals surface area contributed by atoms with E-state index in [0.29, 0.717) is 0 Å². The third-order valence-electron chi connectivity index (χ3n) is 3.45. The SMILES string of the molecule is Cc1ccccc1-n1c(C)cc(C(=O)NC(C)C)c1C. The van der Waals surface area contributed by atoms with Crippen molar-refractivity contribution in [3.8, 4) is 5.69 Å². The van der Waals surface area contributed by atoms with E-state index in [1.165, 1.54) is 5.56 Å². The molecule has 0 aliphatic rings. The molecule has 2 aromatic rings. The van der Waals surface area contributed by atoms with Crippen LogP contribution < -0.4 is 5.32 Å². The highest BCUT2D eigenvalue weighted by Gasteiger charge is 2.17. The molecule has 106 valence electrons. The molecule has 0 unspecified atom stereocenters. The van der Waals surface area contributed by atoms with E-state index in [9.17, 15) is 4.79 Å². The number of rotatable bonds is 3. The second-order valence-corrected chi connectivity index (χ2v) is 5.53. The molecule has 0 bridgehead atoms. The first-order valence-corrected chi connectivity index (χ1v) is 6.97. The minimum absolute atomic E-state index is 0.00654. The average molecular weight is 270 g/mol. The molecular formula is C17H22N2O. The fourth-order valence-corrected chi connectivity index (χ4v) is 2.52. The third kappa shape index (κ3) is 2.62. The Kier molecular flexibility index (Phi) is 3.98. The Balaban J connectivity index is 2.50. The highest BCUT2D eigenvalue weighted by atomic mass is 16.1. The first-order chi connectivity index (χ1) is 9.41.